The second kappa shape index (κ2) is 2.06. The molecule has 0 unspecified atom stereocenters. The van der Waals surface area contributed by atoms with Crippen molar-refractivity contribution >= 4 is 5.91 Å². The Bertz CT molecular complexity index is 346. The number of nitrogens with one attached hydrogen (secondary N) is 1. The maximum Gasteiger partial charge on any atom is 0.275 e. The Morgan fingerprint density at radius 1 is 1.25 bits per heavy atom. The summed E-state index contributed by atoms with van der Waals surface area (Å²) in [6.07, 6.45) is 0. The van der Waals surface area contributed by atoms with E-state index in [2.05, 4.69) is 0 Å². The first-order valence-corrected chi connectivity index (χ1v) is 3.48. The summed E-state index contributed by atoms with van der Waals surface area (Å²) in [6, 6.07) is 6.34. The smallest absolute Gasteiger partial charge is 0.275 e. The molecular weight excluding hydrogens is 158 g/mol. The lowest BCUT2D eigenvalue weighted by molar-refractivity contribution is -0.179. The maximum absolute atomic E-state index is 11.1. The summed E-state index contributed by atoms with van der Waals surface area (Å²) in [5.74, 6) is -2.66. The van der Waals surface area contributed by atoms with Crippen LogP contribution in [0.2, 0.25) is 0 Å². The summed E-state index contributed by atoms with van der Waals surface area (Å²) in [5, 5.41) is 20.5. The van der Waals surface area contributed by atoms with Crippen LogP contribution in [0.25, 0.3) is 0 Å². The monoisotopic (exact) mass is 165 g/mol. The molecule has 0 spiro atoms. The second-order valence-electron chi connectivity index (χ2n) is 2.67. The molecule has 12 heavy (non-hydrogen) atoms. The fourth-order valence-corrected chi connectivity index (χ4v) is 1.28. The van der Waals surface area contributed by atoms with Crippen LogP contribution in [0, 0.1) is 0 Å². The van der Waals surface area contributed by atoms with Crippen molar-refractivity contribution in [2.24, 2.45) is 0 Å². The van der Waals surface area contributed by atoms with Crippen molar-refractivity contribution in [2.45, 2.75) is 5.91 Å². The largest absolute Gasteiger partial charge is 0.345 e. The van der Waals surface area contributed by atoms with Crippen LogP contribution in [0.4, 0.5) is 0 Å². The number of amides is 1. The Kier molecular flexibility index (Phi) is 1.25. The Morgan fingerprint density at radius 2 is 1.92 bits per heavy atom. The van der Waals surface area contributed by atoms with Gasteiger partial charge in [0.2, 0.25) is 0 Å². The number of carbonyl (C=O) groups is 1. The molecular formula is C8H7NO3. The van der Waals surface area contributed by atoms with E-state index in [1.165, 1.54) is 6.07 Å². The minimum Gasteiger partial charge on any atom is -0.345 e. The van der Waals surface area contributed by atoms with E-state index in [1.807, 2.05) is 5.32 Å². The third kappa shape index (κ3) is 0.823. The van der Waals surface area contributed by atoms with E-state index in [0.717, 1.165) is 0 Å². The molecule has 62 valence electrons. The van der Waals surface area contributed by atoms with Gasteiger partial charge in [-0.25, -0.2) is 0 Å². The molecule has 0 radical (unpaired) electrons. The first-order chi connectivity index (χ1) is 5.61. The Balaban J connectivity index is 2.66. The first-order valence-electron chi connectivity index (χ1n) is 3.48. The molecule has 2 rings (SSSR count). The highest BCUT2D eigenvalue weighted by Crippen LogP contribution is 2.25. The second-order valence-corrected chi connectivity index (χ2v) is 2.67. The van der Waals surface area contributed by atoms with E-state index in [4.69, 9.17) is 0 Å². The molecule has 4 heteroatoms. The molecule has 0 bridgehead atoms. The zero-order valence-electron chi connectivity index (χ0n) is 6.11. The number of benzene rings is 1. The van der Waals surface area contributed by atoms with E-state index in [0.29, 0.717) is 5.56 Å². The van der Waals surface area contributed by atoms with Crippen LogP contribution >= 0.6 is 0 Å². The van der Waals surface area contributed by atoms with Crippen LogP contribution in [-0.4, -0.2) is 16.1 Å². The fraction of sp³-hybridized carbons (Fsp3) is 0.125. The highest BCUT2D eigenvalue weighted by Gasteiger charge is 2.38. The van der Waals surface area contributed by atoms with Gasteiger partial charge in [-0.3, -0.25) is 10.1 Å². The van der Waals surface area contributed by atoms with E-state index in [9.17, 15) is 15.0 Å². The average molecular weight is 165 g/mol. The van der Waals surface area contributed by atoms with Crippen LogP contribution in [0.15, 0.2) is 24.3 Å². The van der Waals surface area contributed by atoms with Gasteiger partial charge in [-0.05, 0) is 6.07 Å². The quantitative estimate of drug-likeness (QED) is 0.455. The van der Waals surface area contributed by atoms with Crippen molar-refractivity contribution in [3.63, 3.8) is 0 Å². The number of fused-ring (bicyclic) bond motifs is 1. The summed E-state index contributed by atoms with van der Waals surface area (Å²) in [5.41, 5.74) is 0.512. The lowest BCUT2D eigenvalue weighted by Crippen LogP contribution is -2.38. The molecule has 0 aliphatic carbocycles. The normalized spacial score (nSPS) is 18.7. The van der Waals surface area contributed by atoms with Crippen molar-refractivity contribution in [1.82, 2.24) is 5.32 Å². The van der Waals surface area contributed by atoms with Gasteiger partial charge >= 0.3 is 0 Å². The summed E-state index contributed by atoms with van der Waals surface area (Å²) in [7, 11) is 0. The Hall–Kier alpha value is -1.39. The molecule has 4 nitrogen and oxygen atoms in total. The molecule has 0 atom stereocenters. The summed E-state index contributed by atoms with van der Waals surface area (Å²) in [6.45, 7) is 0. The van der Waals surface area contributed by atoms with Gasteiger partial charge in [0, 0.05) is 5.56 Å². The first kappa shape index (κ1) is 7.27. The van der Waals surface area contributed by atoms with Crippen LogP contribution in [0.3, 0.4) is 0 Å². The summed E-state index contributed by atoms with van der Waals surface area (Å²) in [4.78, 5) is 11.1. The lowest BCUT2D eigenvalue weighted by Gasteiger charge is -2.14. The van der Waals surface area contributed by atoms with Crippen LogP contribution < -0.4 is 5.32 Å². The van der Waals surface area contributed by atoms with Gasteiger partial charge < -0.3 is 10.2 Å². The van der Waals surface area contributed by atoms with Crippen LogP contribution in [-0.2, 0) is 5.91 Å². The Morgan fingerprint density at radius 3 is 2.58 bits per heavy atom. The number of carbonyl (C=O) groups excluding carboxylic acids is 1. The molecule has 3 N–H and O–H groups in total. The minimum atomic E-state index is -2.20. The van der Waals surface area contributed by atoms with E-state index >= 15 is 0 Å². The molecule has 1 aromatic carbocycles. The highest BCUT2D eigenvalue weighted by atomic mass is 16.5. The van der Waals surface area contributed by atoms with E-state index in [1.54, 1.807) is 18.2 Å². The third-order valence-corrected chi connectivity index (χ3v) is 1.84. The predicted molar refractivity (Wildman–Crippen MR) is 40.0 cm³/mol. The van der Waals surface area contributed by atoms with E-state index in [-0.39, 0.29) is 5.56 Å². The highest BCUT2D eigenvalue weighted by molar-refractivity contribution is 5.99. The number of hydrogen-bond acceptors (Lipinski definition) is 3. The third-order valence-electron chi connectivity index (χ3n) is 1.84. The molecule has 0 saturated heterocycles. The number of aliphatic hydroxyl groups is 2. The number of hydrogen-bond donors (Lipinski definition) is 3. The van der Waals surface area contributed by atoms with Crippen molar-refractivity contribution in [2.75, 3.05) is 0 Å². The maximum atomic E-state index is 11.1. The summed E-state index contributed by atoms with van der Waals surface area (Å²) >= 11 is 0. The van der Waals surface area contributed by atoms with Gasteiger partial charge in [0.25, 0.3) is 11.8 Å². The topological polar surface area (TPSA) is 69.6 Å². The molecule has 0 fully saturated rings. The SMILES string of the molecule is O=C1NC(O)(O)c2ccccc21. The van der Waals surface area contributed by atoms with Crippen LogP contribution in [0.5, 0.6) is 0 Å². The van der Waals surface area contributed by atoms with E-state index < -0.39 is 11.8 Å². The van der Waals surface area contributed by atoms with Gasteiger partial charge in [0.15, 0.2) is 0 Å². The molecule has 1 aromatic rings. The molecule has 0 saturated carbocycles. The molecule has 1 aliphatic heterocycles. The Labute approximate surface area is 68.5 Å². The standard InChI is InChI=1S/C8H7NO3/c10-7-5-3-1-2-4-6(5)8(11,12)9-7/h1-4,11-12H,(H,9,10). The molecule has 1 amide bonds. The van der Waals surface area contributed by atoms with Gasteiger partial charge in [-0.1, -0.05) is 18.2 Å². The fourth-order valence-electron chi connectivity index (χ4n) is 1.28. The molecule has 1 aliphatic rings. The zero-order chi connectivity index (χ0) is 8.77. The van der Waals surface area contributed by atoms with Gasteiger partial charge in [0.1, 0.15) is 0 Å². The van der Waals surface area contributed by atoms with Gasteiger partial charge in [-0.2, -0.15) is 0 Å². The van der Waals surface area contributed by atoms with Gasteiger partial charge in [0.05, 0.1) is 5.56 Å². The van der Waals surface area contributed by atoms with Crippen molar-refractivity contribution in [1.29, 1.82) is 0 Å². The lowest BCUT2D eigenvalue weighted by atomic mass is 10.1. The minimum absolute atomic E-state index is 0.204. The van der Waals surface area contributed by atoms with Crippen molar-refractivity contribution < 1.29 is 15.0 Å². The van der Waals surface area contributed by atoms with Crippen molar-refractivity contribution in [3.8, 4) is 0 Å². The summed E-state index contributed by atoms with van der Waals surface area (Å²) < 4.78 is 0. The number of rotatable bonds is 0. The zero-order valence-corrected chi connectivity index (χ0v) is 6.11. The average Bonchev–Trinajstić information content (AvgIpc) is 2.25. The van der Waals surface area contributed by atoms with Crippen LogP contribution in [0.1, 0.15) is 15.9 Å². The van der Waals surface area contributed by atoms with Crippen molar-refractivity contribution in [3.05, 3.63) is 35.4 Å². The molecule has 1 heterocycles. The predicted octanol–water partition coefficient (Wildman–Crippen LogP) is -0.475. The molecule has 0 aromatic heterocycles. The van der Waals surface area contributed by atoms with Gasteiger partial charge in [-0.15, -0.1) is 0 Å².